The quantitative estimate of drug-likeness (QED) is 0.483. The topological polar surface area (TPSA) is 79.0 Å². The Bertz CT molecular complexity index is 1280. The van der Waals surface area contributed by atoms with Crippen LogP contribution in [-0.4, -0.2) is 60.1 Å². The summed E-state index contributed by atoms with van der Waals surface area (Å²) in [6.07, 6.45) is 6.00. The first-order chi connectivity index (χ1) is 16.5. The minimum absolute atomic E-state index is 0.122. The Morgan fingerprint density at radius 2 is 1.91 bits per heavy atom. The van der Waals surface area contributed by atoms with Gasteiger partial charge in [0.25, 0.3) is 5.91 Å². The maximum atomic E-state index is 13.3. The van der Waals surface area contributed by atoms with Gasteiger partial charge in [0.15, 0.2) is 5.49 Å². The zero-order valence-corrected chi connectivity index (χ0v) is 20.0. The molecule has 1 aliphatic heterocycles. The van der Waals surface area contributed by atoms with Crippen LogP contribution in [0.15, 0.2) is 65.1 Å². The molecule has 1 amide bonds. The summed E-state index contributed by atoms with van der Waals surface area (Å²) >= 11 is 0. The van der Waals surface area contributed by atoms with Gasteiger partial charge in [0, 0.05) is 61.9 Å². The molecule has 1 saturated heterocycles. The van der Waals surface area contributed by atoms with E-state index in [1.165, 1.54) is 0 Å². The van der Waals surface area contributed by atoms with E-state index in [-0.39, 0.29) is 5.91 Å². The van der Waals surface area contributed by atoms with Crippen LogP contribution >= 0.6 is 0 Å². The molecular formula is C26H33N7O. The molecule has 4 rings (SSSR count). The lowest BCUT2D eigenvalue weighted by atomic mass is 10.0. The van der Waals surface area contributed by atoms with E-state index in [9.17, 15) is 4.79 Å². The van der Waals surface area contributed by atoms with Gasteiger partial charge in [0.2, 0.25) is 0 Å². The summed E-state index contributed by atoms with van der Waals surface area (Å²) in [6, 6.07) is 10.3. The van der Waals surface area contributed by atoms with Gasteiger partial charge in [-0.2, -0.15) is 5.10 Å². The van der Waals surface area contributed by atoms with E-state index in [0.29, 0.717) is 18.7 Å². The Morgan fingerprint density at radius 1 is 1.15 bits per heavy atom. The highest BCUT2D eigenvalue weighted by Crippen LogP contribution is 2.29. The van der Waals surface area contributed by atoms with Crippen molar-refractivity contribution >= 4 is 23.5 Å². The second-order valence-electron chi connectivity index (χ2n) is 8.45. The molecule has 1 fully saturated rings. The van der Waals surface area contributed by atoms with Gasteiger partial charge in [-0.25, -0.2) is 9.67 Å². The number of hydrogen-bond donors (Lipinski definition) is 2. The predicted octanol–water partition coefficient (Wildman–Crippen LogP) is 3.01. The standard InChI is InChI=1S/C26H33N7O/c1-5-31-17-23(26(34)32-11-6-7-12-32)22-14-20(8-9-24(22)31)21-10-13-33(28-4)25(15-21)30-18-29-19(2)16-27-3/h8-10,13-15,17,27,29H,2,4-7,11-12,16,18H2,1,3H3/b30-25-. The lowest BCUT2D eigenvalue weighted by Crippen LogP contribution is -2.27. The van der Waals surface area contributed by atoms with Crippen molar-refractivity contribution in [2.75, 3.05) is 33.4 Å². The summed E-state index contributed by atoms with van der Waals surface area (Å²) in [5.41, 5.74) is 5.41. The van der Waals surface area contributed by atoms with Gasteiger partial charge >= 0.3 is 0 Å². The molecule has 0 aliphatic carbocycles. The van der Waals surface area contributed by atoms with E-state index in [2.05, 4.69) is 63.7 Å². The van der Waals surface area contributed by atoms with Crippen LogP contribution in [-0.2, 0) is 6.54 Å². The zero-order valence-electron chi connectivity index (χ0n) is 20.0. The molecule has 0 unspecified atom stereocenters. The maximum absolute atomic E-state index is 13.3. The van der Waals surface area contributed by atoms with Crippen molar-refractivity contribution in [1.82, 2.24) is 24.8 Å². The summed E-state index contributed by atoms with van der Waals surface area (Å²) in [5, 5.41) is 11.3. The largest absolute Gasteiger partial charge is 0.369 e. The zero-order chi connectivity index (χ0) is 24.1. The maximum Gasteiger partial charge on any atom is 0.256 e. The molecule has 1 aliphatic rings. The highest BCUT2D eigenvalue weighted by Gasteiger charge is 2.23. The fourth-order valence-corrected chi connectivity index (χ4v) is 4.41. The molecule has 0 atom stereocenters. The van der Waals surface area contributed by atoms with Gasteiger partial charge in [0.05, 0.1) is 5.56 Å². The van der Waals surface area contributed by atoms with E-state index in [1.54, 1.807) is 4.68 Å². The van der Waals surface area contributed by atoms with Crippen molar-refractivity contribution in [3.8, 4) is 11.1 Å². The van der Waals surface area contributed by atoms with Crippen LogP contribution in [0.2, 0.25) is 0 Å². The molecule has 178 valence electrons. The highest BCUT2D eigenvalue weighted by molar-refractivity contribution is 6.08. The van der Waals surface area contributed by atoms with Gasteiger partial charge in [-0.05, 0) is 62.2 Å². The summed E-state index contributed by atoms with van der Waals surface area (Å²) in [6.45, 7) is 13.3. The van der Waals surface area contributed by atoms with Crippen LogP contribution < -0.4 is 16.1 Å². The summed E-state index contributed by atoms with van der Waals surface area (Å²) in [5.74, 6) is 0.122. The molecule has 8 nitrogen and oxygen atoms in total. The van der Waals surface area contributed by atoms with Crippen LogP contribution in [0, 0.1) is 0 Å². The number of amides is 1. The Hall–Kier alpha value is -3.65. The number of nitrogens with one attached hydrogen (secondary N) is 2. The average Bonchev–Trinajstić information content (AvgIpc) is 3.52. The van der Waals surface area contributed by atoms with Crippen LogP contribution in [0.4, 0.5) is 0 Å². The molecular weight excluding hydrogens is 426 g/mol. The van der Waals surface area contributed by atoms with Crippen molar-refractivity contribution in [3.63, 3.8) is 0 Å². The van der Waals surface area contributed by atoms with E-state index < -0.39 is 0 Å². The SMILES string of the molecule is C=Nn1ccc(-c2ccc3c(c2)c(C(=O)N2CCCC2)cn3CC)c/c1=N/CNC(=C)CNC. The predicted molar refractivity (Wildman–Crippen MR) is 138 cm³/mol. The van der Waals surface area contributed by atoms with Crippen LogP contribution in [0.3, 0.4) is 0 Å². The van der Waals surface area contributed by atoms with Crippen molar-refractivity contribution in [2.45, 2.75) is 26.3 Å². The fourth-order valence-electron chi connectivity index (χ4n) is 4.41. The molecule has 3 heterocycles. The second-order valence-corrected chi connectivity index (χ2v) is 8.45. The van der Waals surface area contributed by atoms with Gasteiger partial charge in [-0.3, -0.25) is 4.79 Å². The lowest BCUT2D eigenvalue weighted by molar-refractivity contribution is 0.0794. The minimum Gasteiger partial charge on any atom is -0.369 e. The fraction of sp³-hybridized carbons (Fsp3) is 0.346. The number of benzene rings is 1. The van der Waals surface area contributed by atoms with E-state index in [0.717, 1.165) is 65.8 Å². The molecule has 8 heteroatoms. The monoisotopic (exact) mass is 459 g/mol. The number of carbonyl (C=O) groups excluding carboxylic acids is 1. The van der Waals surface area contributed by atoms with Crippen molar-refractivity contribution < 1.29 is 4.79 Å². The number of aryl methyl sites for hydroxylation is 1. The molecule has 1 aromatic carbocycles. The number of fused-ring (bicyclic) bond motifs is 1. The summed E-state index contributed by atoms with van der Waals surface area (Å²) in [7, 11) is 1.87. The summed E-state index contributed by atoms with van der Waals surface area (Å²) in [4.78, 5) is 19.8. The Balaban J connectivity index is 1.71. The molecule has 0 bridgehead atoms. The third kappa shape index (κ3) is 4.82. The van der Waals surface area contributed by atoms with Gasteiger partial charge in [-0.15, -0.1) is 0 Å². The van der Waals surface area contributed by atoms with E-state index in [4.69, 9.17) is 0 Å². The van der Waals surface area contributed by atoms with Crippen molar-refractivity contribution in [2.24, 2.45) is 10.1 Å². The number of likely N-dealkylation sites (N-methyl/N-ethyl adjacent to an activating group) is 1. The summed E-state index contributed by atoms with van der Waals surface area (Å²) < 4.78 is 3.79. The Labute approximate surface area is 200 Å². The first-order valence-electron chi connectivity index (χ1n) is 11.7. The number of carbonyl (C=O) groups is 1. The third-order valence-electron chi connectivity index (χ3n) is 6.21. The number of rotatable bonds is 9. The number of nitrogens with zero attached hydrogens (tertiary/aromatic N) is 5. The highest BCUT2D eigenvalue weighted by atomic mass is 16.2. The van der Waals surface area contributed by atoms with Crippen LogP contribution in [0.1, 0.15) is 30.1 Å². The molecule has 34 heavy (non-hydrogen) atoms. The lowest BCUT2D eigenvalue weighted by Gasteiger charge is -2.14. The first kappa shape index (κ1) is 23.5. The molecule has 2 aromatic heterocycles. The first-order valence-corrected chi connectivity index (χ1v) is 11.7. The second kappa shape index (κ2) is 10.5. The minimum atomic E-state index is 0.122. The van der Waals surface area contributed by atoms with Crippen molar-refractivity contribution in [3.05, 3.63) is 66.1 Å². The number of aromatic nitrogens is 2. The van der Waals surface area contributed by atoms with E-state index >= 15 is 0 Å². The molecule has 0 saturated carbocycles. The average molecular weight is 460 g/mol. The van der Waals surface area contributed by atoms with Crippen LogP contribution in [0.25, 0.3) is 22.0 Å². The van der Waals surface area contributed by atoms with Crippen LogP contribution in [0.5, 0.6) is 0 Å². The molecule has 0 radical (unpaired) electrons. The Morgan fingerprint density at radius 3 is 2.62 bits per heavy atom. The molecule has 2 N–H and O–H groups in total. The number of hydrogen-bond acceptors (Lipinski definition) is 5. The van der Waals surface area contributed by atoms with Crippen molar-refractivity contribution in [1.29, 1.82) is 0 Å². The number of likely N-dealkylation sites (tertiary alicyclic amines) is 1. The molecule has 3 aromatic rings. The van der Waals surface area contributed by atoms with Gasteiger partial charge in [0.1, 0.15) is 6.67 Å². The van der Waals surface area contributed by atoms with Gasteiger partial charge < -0.3 is 20.1 Å². The Kier molecular flexibility index (Phi) is 7.27. The molecule has 0 spiro atoms. The van der Waals surface area contributed by atoms with E-state index in [1.807, 2.05) is 36.5 Å². The van der Waals surface area contributed by atoms with Gasteiger partial charge in [-0.1, -0.05) is 12.6 Å². The normalized spacial score (nSPS) is 14.1. The third-order valence-corrected chi connectivity index (χ3v) is 6.21. The number of pyridine rings is 1. The smallest absolute Gasteiger partial charge is 0.256 e.